The first-order chi connectivity index (χ1) is 4.72. The van der Waals surface area contributed by atoms with E-state index in [1.165, 1.54) is 5.94 Å². The van der Waals surface area contributed by atoms with Gasteiger partial charge in [-0.05, 0) is 0 Å². The van der Waals surface area contributed by atoms with Crippen molar-refractivity contribution in [3.63, 3.8) is 0 Å². The quantitative estimate of drug-likeness (QED) is 0.261. The first-order valence-corrected chi connectivity index (χ1v) is 2.68. The van der Waals surface area contributed by atoms with Gasteiger partial charge in [0.2, 0.25) is 0 Å². The zero-order chi connectivity index (χ0) is 7.56. The number of carbonyl (C=O) groups is 2. The number of ether oxygens (including phenoxy) is 1. The van der Waals surface area contributed by atoms with Crippen molar-refractivity contribution < 1.29 is 19.1 Å². The molecule has 1 aliphatic heterocycles. The van der Waals surface area contributed by atoms with Crippen LogP contribution in [0.1, 0.15) is 12.8 Å². The van der Waals surface area contributed by atoms with E-state index in [-0.39, 0.29) is 18.4 Å². The second kappa shape index (κ2) is 2.45. The third-order valence-corrected chi connectivity index (χ3v) is 1.09. The van der Waals surface area contributed by atoms with Crippen molar-refractivity contribution in [2.75, 3.05) is 0 Å². The van der Waals surface area contributed by atoms with Crippen LogP contribution in [0.4, 0.5) is 0 Å². The number of rotatable bonds is 0. The SMILES string of the molecule is O=C=C1CC(=O)OC(=O)C1. The van der Waals surface area contributed by atoms with Crippen molar-refractivity contribution in [3.8, 4) is 0 Å². The van der Waals surface area contributed by atoms with Crippen LogP contribution in [0.2, 0.25) is 0 Å². The maximum atomic E-state index is 10.4. The Balaban J connectivity index is 2.78. The van der Waals surface area contributed by atoms with Gasteiger partial charge in [0.25, 0.3) is 0 Å². The minimum Gasteiger partial charge on any atom is -0.393 e. The van der Waals surface area contributed by atoms with Gasteiger partial charge in [0, 0.05) is 5.57 Å². The average molecular weight is 140 g/mol. The molecule has 0 aliphatic carbocycles. The molecule has 0 amide bonds. The van der Waals surface area contributed by atoms with Gasteiger partial charge < -0.3 is 4.74 Å². The van der Waals surface area contributed by atoms with Crippen molar-refractivity contribution >= 4 is 17.9 Å². The predicted molar refractivity (Wildman–Crippen MR) is 29.5 cm³/mol. The highest BCUT2D eigenvalue weighted by Crippen LogP contribution is 2.11. The molecule has 1 saturated heterocycles. The van der Waals surface area contributed by atoms with E-state index < -0.39 is 11.9 Å². The van der Waals surface area contributed by atoms with E-state index in [1.807, 2.05) is 0 Å². The van der Waals surface area contributed by atoms with Crippen LogP contribution in [0.3, 0.4) is 0 Å². The molecule has 0 saturated carbocycles. The van der Waals surface area contributed by atoms with Crippen LogP contribution in [-0.4, -0.2) is 17.9 Å². The fraction of sp³-hybridized carbons (Fsp3) is 0.333. The summed E-state index contributed by atoms with van der Waals surface area (Å²) in [5.41, 5.74) is 0.168. The van der Waals surface area contributed by atoms with E-state index >= 15 is 0 Å². The number of cyclic esters (lactones) is 2. The molecule has 0 bridgehead atoms. The van der Waals surface area contributed by atoms with Gasteiger partial charge in [-0.1, -0.05) is 0 Å². The molecule has 1 aliphatic rings. The van der Waals surface area contributed by atoms with E-state index in [4.69, 9.17) is 0 Å². The number of hydrogen-bond donors (Lipinski definition) is 0. The largest absolute Gasteiger partial charge is 0.393 e. The first kappa shape index (κ1) is 6.71. The second-order valence-electron chi connectivity index (χ2n) is 1.91. The Hall–Kier alpha value is -1.41. The highest BCUT2D eigenvalue weighted by atomic mass is 16.6. The van der Waals surface area contributed by atoms with E-state index in [0.717, 1.165) is 0 Å². The monoisotopic (exact) mass is 140 g/mol. The number of hydrogen-bond acceptors (Lipinski definition) is 4. The molecule has 0 N–H and O–H groups in total. The van der Waals surface area contributed by atoms with E-state index in [9.17, 15) is 14.4 Å². The fourth-order valence-electron chi connectivity index (χ4n) is 0.682. The molecular formula is C6H4O4. The molecule has 1 heterocycles. The van der Waals surface area contributed by atoms with Crippen LogP contribution < -0.4 is 0 Å². The summed E-state index contributed by atoms with van der Waals surface area (Å²) in [7, 11) is 0. The summed E-state index contributed by atoms with van der Waals surface area (Å²) in [4.78, 5) is 30.7. The Morgan fingerprint density at radius 3 is 2.10 bits per heavy atom. The second-order valence-corrected chi connectivity index (χ2v) is 1.91. The van der Waals surface area contributed by atoms with Crippen molar-refractivity contribution in [2.24, 2.45) is 0 Å². The molecule has 4 nitrogen and oxygen atoms in total. The third-order valence-electron chi connectivity index (χ3n) is 1.09. The van der Waals surface area contributed by atoms with E-state index in [1.54, 1.807) is 0 Å². The molecule has 0 spiro atoms. The highest BCUT2D eigenvalue weighted by Gasteiger charge is 2.22. The predicted octanol–water partition coefficient (Wildman–Crippen LogP) is -0.392. The van der Waals surface area contributed by atoms with Crippen LogP contribution in [0, 0.1) is 0 Å². The zero-order valence-corrected chi connectivity index (χ0v) is 5.05. The Labute approximate surface area is 56.5 Å². The standard InChI is InChI=1S/C6H4O4/c7-3-4-1-5(8)10-6(9)2-4/h1-2H2. The molecule has 1 fully saturated rings. The Bertz CT molecular complexity index is 216. The number of esters is 2. The molecule has 4 heteroatoms. The Morgan fingerprint density at radius 1 is 1.20 bits per heavy atom. The van der Waals surface area contributed by atoms with E-state index in [0.29, 0.717) is 0 Å². The summed E-state index contributed by atoms with van der Waals surface area (Å²) in [5.74, 6) is 0.166. The maximum absolute atomic E-state index is 10.4. The summed E-state index contributed by atoms with van der Waals surface area (Å²) in [5, 5.41) is 0. The molecule has 0 aromatic rings. The molecule has 1 rings (SSSR count). The lowest BCUT2D eigenvalue weighted by Crippen LogP contribution is -2.19. The third kappa shape index (κ3) is 1.30. The summed E-state index contributed by atoms with van der Waals surface area (Å²) in [6.45, 7) is 0. The summed E-state index contributed by atoms with van der Waals surface area (Å²) >= 11 is 0. The van der Waals surface area contributed by atoms with Crippen molar-refractivity contribution in [2.45, 2.75) is 12.8 Å². The lowest BCUT2D eigenvalue weighted by Gasteiger charge is -2.07. The molecule has 0 unspecified atom stereocenters. The van der Waals surface area contributed by atoms with Crippen LogP contribution in [0.25, 0.3) is 0 Å². The lowest BCUT2D eigenvalue weighted by atomic mass is 10.1. The Kier molecular flexibility index (Phi) is 1.65. The number of carbonyl (C=O) groups excluding carboxylic acids is 3. The minimum absolute atomic E-state index is 0.102. The molecule has 0 aromatic carbocycles. The minimum atomic E-state index is -0.672. The maximum Gasteiger partial charge on any atom is 0.318 e. The summed E-state index contributed by atoms with van der Waals surface area (Å²) < 4.78 is 4.14. The highest BCUT2D eigenvalue weighted by molar-refractivity contribution is 5.94. The zero-order valence-electron chi connectivity index (χ0n) is 5.05. The van der Waals surface area contributed by atoms with Crippen LogP contribution in [0.15, 0.2) is 5.57 Å². The van der Waals surface area contributed by atoms with Crippen LogP contribution in [0.5, 0.6) is 0 Å². The van der Waals surface area contributed by atoms with Gasteiger partial charge in [-0.2, -0.15) is 0 Å². The van der Waals surface area contributed by atoms with Gasteiger partial charge in [0.1, 0.15) is 5.94 Å². The topological polar surface area (TPSA) is 60.4 Å². The average Bonchev–Trinajstić information content (AvgIpc) is 1.85. The molecule has 0 atom stereocenters. The van der Waals surface area contributed by atoms with Crippen molar-refractivity contribution in [1.29, 1.82) is 0 Å². The molecule has 0 radical (unpaired) electrons. The van der Waals surface area contributed by atoms with Crippen molar-refractivity contribution in [1.82, 2.24) is 0 Å². The van der Waals surface area contributed by atoms with Crippen LogP contribution in [-0.2, 0) is 19.1 Å². The summed E-state index contributed by atoms with van der Waals surface area (Å²) in [6, 6.07) is 0. The van der Waals surface area contributed by atoms with E-state index in [2.05, 4.69) is 4.74 Å². The van der Waals surface area contributed by atoms with Crippen LogP contribution >= 0.6 is 0 Å². The van der Waals surface area contributed by atoms with Crippen molar-refractivity contribution in [3.05, 3.63) is 5.57 Å². The first-order valence-electron chi connectivity index (χ1n) is 2.68. The van der Waals surface area contributed by atoms with Gasteiger partial charge >= 0.3 is 11.9 Å². The molecular weight excluding hydrogens is 136 g/mol. The Morgan fingerprint density at radius 2 is 1.70 bits per heavy atom. The normalized spacial score (nSPS) is 18.2. The molecule has 52 valence electrons. The van der Waals surface area contributed by atoms with Gasteiger partial charge in [0.05, 0.1) is 12.8 Å². The molecule has 0 aromatic heterocycles. The van der Waals surface area contributed by atoms with Gasteiger partial charge in [0.15, 0.2) is 0 Å². The molecule has 10 heavy (non-hydrogen) atoms. The fourth-order valence-corrected chi connectivity index (χ4v) is 0.682. The lowest BCUT2D eigenvalue weighted by molar-refractivity contribution is -0.160. The van der Waals surface area contributed by atoms with Gasteiger partial charge in [-0.25, -0.2) is 4.79 Å². The van der Waals surface area contributed by atoms with Gasteiger partial charge in [-0.15, -0.1) is 0 Å². The van der Waals surface area contributed by atoms with Gasteiger partial charge in [-0.3, -0.25) is 9.59 Å². The summed E-state index contributed by atoms with van der Waals surface area (Å²) in [6.07, 6.45) is -0.204. The smallest absolute Gasteiger partial charge is 0.318 e.